The van der Waals surface area contributed by atoms with E-state index >= 15 is 0 Å². The third-order valence-corrected chi connectivity index (χ3v) is 9.36. The first-order valence-electron chi connectivity index (χ1n) is 16.0. The van der Waals surface area contributed by atoms with Crippen LogP contribution in [-0.2, 0) is 22.7 Å². The van der Waals surface area contributed by atoms with Gasteiger partial charge in [0, 0.05) is 58.3 Å². The number of anilines is 3. The summed E-state index contributed by atoms with van der Waals surface area (Å²) in [7, 11) is -1.24. The highest BCUT2D eigenvalue weighted by atomic mass is 28.3. The van der Waals surface area contributed by atoms with Crippen LogP contribution in [0.4, 0.5) is 22.2 Å². The lowest BCUT2D eigenvalue weighted by Gasteiger charge is -2.34. The van der Waals surface area contributed by atoms with Crippen molar-refractivity contribution in [2.75, 3.05) is 30.3 Å². The van der Waals surface area contributed by atoms with Gasteiger partial charge in [-0.2, -0.15) is 15.1 Å². The first-order chi connectivity index (χ1) is 21.4. The quantitative estimate of drug-likeness (QED) is 0.132. The number of fused-ring (bicyclic) bond motifs is 1. The molecule has 0 radical (unpaired) electrons. The van der Waals surface area contributed by atoms with Crippen LogP contribution in [0.25, 0.3) is 22.2 Å². The van der Waals surface area contributed by atoms with E-state index in [0.29, 0.717) is 38.2 Å². The Morgan fingerprint density at radius 1 is 1.11 bits per heavy atom. The van der Waals surface area contributed by atoms with Gasteiger partial charge in [-0.25, -0.2) is 4.79 Å². The molecule has 0 unspecified atom stereocenters. The Kier molecular flexibility index (Phi) is 9.83. The summed E-state index contributed by atoms with van der Waals surface area (Å²) < 4.78 is 15.8. The van der Waals surface area contributed by atoms with Gasteiger partial charge in [0.1, 0.15) is 23.8 Å². The van der Waals surface area contributed by atoms with Gasteiger partial charge in [0.05, 0.1) is 17.3 Å². The molecule has 242 valence electrons. The van der Waals surface area contributed by atoms with Crippen LogP contribution in [0.5, 0.6) is 0 Å². The highest BCUT2D eigenvalue weighted by molar-refractivity contribution is 6.76. The third kappa shape index (κ3) is 8.63. The summed E-state index contributed by atoms with van der Waals surface area (Å²) in [4.78, 5) is 24.8. The van der Waals surface area contributed by atoms with Crippen LogP contribution in [0.1, 0.15) is 40.5 Å². The lowest BCUT2D eigenvalue weighted by Crippen LogP contribution is -2.47. The van der Waals surface area contributed by atoms with Gasteiger partial charge in [0.2, 0.25) is 5.95 Å². The van der Waals surface area contributed by atoms with Crippen molar-refractivity contribution < 1.29 is 14.3 Å². The van der Waals surface area contributed by atoms with E-state index in [2.05, 4.69) is 58.3 Å². The zero-order valence-electron chi connectivity index (χ0n) is 27.8. The van der Waals surface area contributed by atoms with Gasteiger partial charge in [0.15, 0.2) is 0 Å². The fourth-order valence-electron chi connectivity index (χ4n) is 5.33. The summed E-state index contributed by atoms with van der Waals surface area (Å²) in [5.74, 6) is 1.17. The Bertz CT molecular complexity index is 1590. The fraction of sp³-hybridized carbons (Fsp3) is 0.515. The zero-order chi connectivity index (χ0) is 32.2. The maximum atomic E-state index is 13.0. The number of likely N-dealkylation sites (tertiary alicyclic amines) is 1. The smallest absolute Gasteiger partial charge is 0.410 e. The molecule has 4 heterocycles. The molecular weight excluding hydrogens is 585 g/mol. The number of ether oxygens (including phenoxy) is 2. The molecule has 1 fully saturated rings. The maximum Gasteiger partial charge on any atom is 0.410 e. The fourth-order valence-corrected chi connectivity index (χ4v) is 6.09. The number of aromatic nitrogens is 5. The van der Waals surface area contributed by atoms with E-state index in [0.717, 1.165) is 53.3 Å². The van der Waals surface area contributed by atoms with Gasteiger partial charge in [-0.3, -0.25) is 4.68 Å². The molecule has 1 aliphatic rings. The minimum absolute atomic E-state index is 0.0139. The zero-order valence-corrected chi connectivity index (χ0v) is 28.8. The molecule has 0 saturated carbocycles. The lowest BCUT2D eigenvalue weighted by atomic mass is 10.0. The molecule has 3 aromatic heterocycles. The highest BCUT2D eigenvalue weighted by Gasteiger charge is 2.29. The van der Waals surface area contributed by atoms with Gasteiger partial charge < -0.3 is 29.6 Å². The number of piperidine rings is 1. The van der Waals surface area contributed by atoms with Gasteiger partial charge in [-0.1, -0.05) is 50.0 Å². The Hall–Kier alpha value is -3.90. The topological polar surface area (TPSA) is 111 Å². The second kappa shape index (κ2) is 13.6. The number of nitrogens with one attached hydrogen (secondary N) is 2. The van der Waals surface area contributed by atoms with Gasteiger partial charge in [-0.05, 0) is 52.1 Å². The monoisotopic (exact) mass is 632 g/mol. The van der Waals surface area contributed by atoms with E-state index in [9.17, 15) is 4.79 Å². The van der Waals surface area contributed by atoms with Crippen molar-refractivity contribution in [3.05, 3.63) is 48.9 Å². The van der Waals surface area contributed by atoms with E-state index < -0.39 is 13.7 Å². The third-order valence-electron chi connectivity index (χ3n) is 7.66. The van der Waals surface area contributed by atoms with E-state index in [-0.39, 0.29) is 12.1 Å². The van der Waals surface area contributed by atoms with Crippen LogP contribution in [0.15, 0.2) is 48.9 Å². The predicted molar refractivity (Wildman–Crippen MR) is 183 cm³/mol. The Labute approximate surface area is 267 Å². The summed E-state index contributed by atoms with van der Waals surface area (Å²) in [6, 6.07) is 11.4. The molecule has 1 amide bonds. The summed E-state index contributed by atoms with van der Waals surface area (Å²) >= 11 is 0. The molecule has 5 rings (SSSR count). The number of hydrogen-bond acceptors (Lipinski definition) is 8. The van der Waals surface area contributed by atoms with Crippen molar-refractivity contribution in [3.63, 3.8) is 0 Å². The number of hydrogen-bond donors (Lipinski definition) is 2. The molecule has 4 aromatic rings. The maximum absolute atomic E-state index is 13.0. The molecule has 11 nitrogen and oxygen atoms in total. The van der Waals surface area contributed by atoms with Crippen molar-refractivity contribution in [2.24, 2.45) is 0 Å². The van der Waals surface area contributed by atoms with Crippen molar-refractivity contribution in [1.29, 1.82) is 0 Å². The Morgan fingerprint density at radius 3 is 2.58 bits per heavy atom. The normalized spacial score (nSPS) is 15.8. The molecule has 0 bridgehead atoms. The number of nitrogens with zero attached hydrogens (tertiary/aromatic N) is 6. The van der Waals surface area contributed by atoms with Crippen LogP contribution >= 0.6 is 0 Å². The van der Waals surface area contributed by atoms with Crippen LogP contribution in [-0.4, -0.2) is 74.7 Å². The first kappa shape index (κ1) is 32.5. The summed E-state index contributed by atoms with van der Waals surface area (Å²) in [6.45, 7) is 17.8. The Balaban J connectivity index is 1.53. The van der Waals surface area contributed by atoms with Crippen LogP contribution in [0.3, 0.4) is 0 Å². The summed E-state index contributed by atoms with van der Waals surface area (Å²) in [6.07, 6.45) is 7.30. The molecule has 2 N–H and O–H groups in total. The van der Waals surface area contributed by atoms with Crippen molar-refractivity contribution in [1.82, 2.24) is 29.2 Å². The standard InChI is InChI=1S/C33H48N8O3Si/c1-8-41-21-26(19-34-41)36-31-37-29(35-25-15-12-16-39(20-25)32(42)44-33(2,3)4)28-27(24-13-10-9-11-14-24)22-40(30(28)38-31)23-43-17-18-45(5,6)7/h9-11,13-14,19,21-22,25H,8,12,15-18,20,23H2,1-7H3,(H2,35,36,37,38)/t25-/m1/s1. The molecule has 1 aromatic carbocycles. The first-order valence-corrected chi connectivity index (χ1v) is 19.7. The molecule has 1 atom stereocenters. The SMILES string of the molecule is CCn1cc(Nc2nc(N[C@@H]3CCCN(C(=O)OC(C)(C)C)C3)c3c(-c4ccccc4)cn(COCC[Si](C)(C)C)c3n2)cn1. The van der Waals surface area contributed by atoms with E-state index in [1.807, 2.05) is 56.8 Å². The second-order valence-electron chi connectivity index (χ2n) is 13.9. The molecule has 1 saturated heterocycles. The minimum Gasteiger partial charge on any atom is -0.444 e. The average Bonchev–Trinajstić information content (AvgIpc) is 3.59. The minimum atomic E-state index is -1.24. The van der Waals surface area contributed by atoms with Crippen molar-refractivity contribution in [3.8, 4) is 11.1 Å². The van der Waals surface area contributed by atoms with Gasteiger partial charge >= 0.3 is 6.09 Å². The number of amides is 1. The molecule has 0 aliphatic carbocycles. The molecule has 1 aliphatic heterocycles. The number of rotatable bonds is 11. The molecular formula is C33H48N8O3Si. The highest BCUT2D eigenvalue weighted by Crippen LogP contribution is 2.36. The molecule has 12 heteroatoms. The average molecular weight is 633 g/mol. The van der Waals surface area contributed by atoms with Crippen molar-refractivity contribution in [2.45, 2.75) is 91.1 Å². The van der Waals surface area contributed by atoms with E-state index in [4.69, 9.17) is 19.4 Å². The largest absolute Gasteiger partial charge is 0.444 e. The number of benzene rings is 1. The number of carbonyl (C=O) groups is 1. The molecule has 0 spiro atoms. The number of carbonyl (C=O) groups excluding carboxylic acids is 1. The van der Waals surface area contributed by atoms with Crippen LogP contribution in [0, 0.1) is 0 Å². The van der Waals surface area contributed by atoms with E-state index in [1.54, 1.807) is 11.1 Å². The van der Waals surface area contributed by atoms with Crippen LogP contribution < -0.4 is 10.6 Å². The van der Waals surface area contributed by atoms with Gasteiger partial charge in [0.25, 0.3) is 0 Å². The van der Waals surface area contributed by atoms with Crippen LogP contribution in [0.2, 0.25) is 25.7 Å². The Morgan fingerprint density at radius 2 is 1.89 bits per heavy atom. The summed E-state index contributed by atoms with van der Waals surface area (Å²) in [5.41, 5.74) is 3.12. The summed E-state index contributed by atoms with van der Waals surface area (Å²) in [5, 5.41) is 12.4. The second-order valence-corrected chi connectivity index (χ2v) is 19.6. The van der Waals surface area contributed by atoms with E-state index in [1.165, 1.54) is 0 Å². The lowest BCUT2D eigenvalue weighted by molar-refractivity contribution is 0.0206. The predicted octanol–water partition coefficient (Wildman–Crippen LogP) is 7.18. The van der Waals surface area contributed by atoms with Gasteiger partial charge in [-0.15, -0.1) is 0 Å². The van der Waals surface area contributed by atoms with Crippen molar-refractivity contribution >= 4 is 42.7 Å². The molecule has 45 heavy (non-hydrogen) atoms. The number of aryl methyl sites for hydroxylation is 1.